The topological polar surface area (TPSA) is 35.8 Å². The van der Waals surface area contributed by atoms with Gasteiger partial charge in [0.2, 0.25) is 0 Å². The van der Waals surface area contributed by atoms with E-state index in [0.717, 1.165) is 36.8 Å². The second-order valence-corrected chi connectivity index (χ2v) is 6.30. The number of aliphatic hydroxyl groups is 1. The Labute approximate surface area is 142 Å². The zero-order chi connectivity index (χ0) is 16.8. The Morgan fingerprint density at radius 1 is 1.04 bits per heavy atom. The summed E-state index contributed by atoms with van der Waals surface area (Å²) < 4.78 is 13.0. The Hall–Kier alpha value is -2.20. The molecule has 3 nitrogen and oxygen atoms in total. The molecule has 0 amide bonds. The van der Waals surface area contributed by atoms with Crippen molar-refractivity contribution in [3.63, 3.8) is 0 Å². The molecule has 0 bridgehead atoms. The minimum atomic E-state index is -0.354. The fraction of sp³-hybridized carbons (Fsp3) is 0.350. The lowest BCUT2D eigenvalue weighted by Crippen LogP contribution is -2.42. The molecule has 0 aliphatic heterocycles. The minimum Gasteiger partial charge on any atom is -0.391 e. The van der Waals surface area contributed by atoms with Gasteiger partial charge in [-0.2, -0.15) is 5.10 Å². The quantitative estimate of drug-likeness (QED) is 0.667. The fourth-order valence-electron chi connectivity index (χ4n) is 3.14. The highest BCUT2D eigenvalue weighted by Crippen LogP contribution is 2.25. The smallest absolute Gasteiger partial charge is 0.123 e. The van der Waals surface area contributed by atoms with Gasteiger partial charge >= 0.3 is 0 Å². The molecule has 0 aromatic heterocycles. The van der Waals surface area contributed by atoms with Crippen LogP contribution in [-0.2, 0) is 6.54 Å². The number of benzene rings is 2. The first-order chi connectivity index (χ1) is 11.7. The predicted octanol–water partition coefficient (Wildman–Crippen LogP) is 3.97. The van der Waals surface area contributed by atoms with E-state index < -0.39 is 0 Å². The maximum absolute atomic E-state index is 13.0. The normalized spacial score (nSPS) is 21.1. The van der Waals surface area contributed by atoms with Crippen LogP contribution in [0.25, 0.3) is 0 Å². The van der Waals surface area contributed by atoms with Gasteiger partial charge in [-0.1, -0.05) is 55.3 Å². The van der Waals surface area contributed by atoms with Gasteiger partial charge in [0, 0.05) is 0 Å². The lowest BCUT2D eigenvalue weighted by molar-refractivity contribution is 0.0173. The molecular formula is C20H23FN2O. The molecule has 0 unspecified atom stereocenters. The van der Waals surface area contributed by atoms with Crippen molar-refractivity contribution < 1.29 is 9.50 Å². The molecule has 4 heteroatoms. The van der Waals surface area contributed by atoms with E-state index in [1.807, 2.05) is 23.2 Å². The second kappa shape index (κ2) is 8.06. The molecule has 0 radical (unpaired) electrons. The van der Waals surface area contributed by atoms with E-state index >= 15 is 0 Å². The van der Waals surface area contributed by atoms with Crippen molar-refractivity contribution in [1.82, 2.24) is 5.01 Å². The first kappa shape index (κ1) is 16.7. The number of rotatable bonds is 5. The highest BCUT2D eigenvalue weighted by Gasteiger charge is 2.28. The third kappa shape index (κ3) is 4.42. The van der Waals surface area contributed by atoms with Crippen LogP contribution in [0, 0.1) is 5.82 Å². The van der Waals surface area contributed by atoms with E-state index in [0.29, 0.717) is 6.54 Å². The molecule has 2 aromatic carbocycles. The summed E-state index contributed by atoms with van der Waals surface area (Å²) in [6.07, 6.45) is 5.32. The Morgan fingerprint density at radius 3 is 2.46 bits per heavy atom. The van der Waals surface area contributed by atoms with E-state index in [1.165, 1.54) is 12.1 Å². The Kier molecular flexibility index (Phi) is 5.59. The molecule has 0 spiro atoms. The van der Waals surface area contributed by atoms with Crippen LogP contribution in [0.5, 0.6) is 0 Å². The standard InChI is InChI=1S/C20H23FN2O/c21-18-12-10-16(11-13-18)14-22-23(15-17-6-2-1-3-7-17)19-8-4-5-9-20(19)24/h1-3,6-7,10-14,19-20,24H,4-5,8-9,15H2/b22-14+/t19-,20-/m1/s1. The molecule has 1 aliphatic rings. The molecule has 1 N–H and O–H groups in total. The lowest BCUT2D eigenvalue weighted by Gasteiger charge is -2.35. The molecule has 1 saturated carbocycles. The van der Waals surface area contributed by atoms with Crippen molar-refractivity contribution in [3.05, 3.63) is 71.5 Å². The van der Waals surface area contributed by atoms with Crippen LogP contribution in [0.1, 0.15) is 36.8 Å². The van der Waals surface area contributed by atoms with Crippen molar-refractivity contribution >= 4 is 6.21 Å². The summed E-state index contributed by atoms with van der Waals surface area (Å²) in [4.78, 5) is 0. The van der Waals surface area contributed by atoms with Crippen LogP contribution < -0.4 is 0 Å². The SMILES string of the molecule is O[C@@H]1CCCC[C@H]1N(Cc1ccccc1)/N=C/c1ccc(F)cc1. The van der Waals surface area contributed by atoms with E-state index in [9.17, 15) is 9.50 Å². The van der Waals surface area contributed by atoms with Gasteiger partial charge in [0.15, 0.2) is 0 Å². The Balaban J connectivity index is 1.79. The molecule has 2 aromatic rings. The zero-order valence-electron chi connectivity index (χ0n) is 13.7. The maximum atomic E-state index is 13.0. The van der Waals surface area contributed by atoms with Crippen LogP contribution in [0.3, 0.4) is 0 Å². The number of hydrazone groups is 1. The monoisotopic (exact) mass is 326 g/mol. The van der Waals surface area contributed by atoms with E-state index in [-0.39, 0.29) is 18.0 Å². The largest absolute Gasteiger partial charge is 0.391 e. The molecule has 24 heavy (non-hydrogen) atoms. The summed E-state index contributed by atoms with van der Waals surface area (Å²) in [6, 6.07) is 16.4. The highest BCUT2D eigenvalue weighted by atomic mass is 19.1. The summed E-state index contributed by atoms with van der Waals surface area (Å²) in [5.74, 6) is -0.254. The van der Waals surface area contributed by atoms with Gasteiger partial charge < -0.3 is 5.11 Å². The van der Waals surface area contributed by atoms with Crippen LogP contribution in [0.15, 0.2) is 59.7 Å². The summed E-state index contributed by atoms with van der Waals surface area (Å²) in [7, 11) is 0. The molecule has 0 saturated heterocycles. The summed E-state index contributed by atoms with van der Waals surface area (Å²) in [6.45, 7) is 0.653. The summed E-state index contributed by atoms with van der Waals surface area (Å²) in [5, 5.41) is 17.0. The molecular weight excluding hydrogens is 303 g/mol. The van der Waals surface area contributed by atoms with Crippen LogP contribution in [-0.4, -0.2) is 28.5 Å². The maximum Gasteiger partial charge on any atom is 0.123 e. The molecule has 0 heterocycles. The Bertz CT molecular complexity index is 657. The molecule has 126 valence electrons. The number of hydrogen-bond donors (Lipinski definition) is 1. The van der Waals surface area contributed by atoms with Gasteiger partial charge in [-0.3, -0.25) is 5.01 Å². The van der Waals surface area contributed by atoms with Gasteiger partial charge in [-0.05, 0) is 36.1 Å². The van der Waals surface area contributed by atoms with Crippen LogP contribution in [0.2, 0.25) is 0 Å². The number of nitrogens with zero attached hydrogens (tertiary/aromatic N) is 2. The van der Waals surface area contributed by atoms with Gasteiger partial charge in [-0.25, -0.2) is 4.39 Å². The van der Waals surface area contributed by atoms with Crippen LogP contribution in [0.4, 0.5) is 4.39 Å². The average Bonchev–Trinajstić information content (AvgIpc) is 2.61. The van der Waals surface area contributed by atoms with Gasteiger partial charge in [0.1, 0.15) is 5.82 Å². The first-order valence-electron chi connectivity index (χ1n) is 8.50. The van der Waals surface area contributed by atoms with Gasteiger partial charge in [0.05, 0.1) is 24.9 Å². The highest BCUT2D eigenvalue weighted by molar-refractivity contribution is 5.79. The second-order valence-electron chi connectivity index (χ2n) is 6.30. The molecule has 3 rings (SSSR count). The predicted molar refractivity (Wildman–Crippen MR) is 94.2 cm³/mol. The third-order valence-corrected chi connectivity index (χ3v) is 4.49. The number of aliphatic hydroxyl groups excluding tert-OH is 1. The van der Waals surface area contributed by atoms with E-state index in [2.05, 4.69) is 17.2 Å². The van der Waals surface area contributed by atoms with Crippen molar-refractivity contribution in [2.45, 2.75) is 44.4 Å². The molecule has 2 atom stereocenters. The fourth-order valence-corrected chi connectivity index (χ4v) is 3.14. The third-order valence-electron chi connectivity index (χ3n) is 4.49. The first-order valence-corrected chi connectivity index (χ1v) is 8.50. The molecule has 1 aliphatic carbocycles. The van der Waals surface area contributed by atoms with E-state index in [4.69, 9.17) is 0 Å². The Morgan fingerprint density at radius 2 is 1.75 bits per heavy atom. The zero-order valence-corrected chi connectivity index (χ0v) is 13.7. The van der Waals surface area contributed by atoms with Crippen molar-refractivity contribution in [2.24, 2.45) is 5.10 Å². The van der Waals surface area contributed by atoms with Gasteiger partial charge in [0.25, 0.3) is 0 Å². The lowest BCUT2D eigenvalue weighted by atomic mass is 9.92. The number of hydrogen-bond acceptors (Lipinski definition) is 3. The van der Waals surface area contributed by atoms with Crippen LogP contribution >= 0.6 is 0 Å². The van der Waals surface area contributed by atoms with Crippen molar-refractivity contribution in [3.8, 4) is 0 Å². The number of halogens is 1. The summed E-state index contributed by atoms with van der Waals surface area (Å²) >= 11 is 0. The average molecular weight is 326 g/mol. The van der Waals surface area contributed by atoms with Gasteiger partial charge in [-0.15, -0.1) is 0 Å². The molecule has 1 fully saturated rings. The van der Waals surface area contributed by atoms with Crippen molar-refractivity contribution in [2.75, 3.05) is 0 Å². The van der Waals surface area contributed by atoms with Crippen molar-refractivity contribution in [1.29, 1.82) is 0 Å². The van der Waals surface area contributed by atoms with E-state index in [1.54, 1.807) is 18.3 Å². The summed E-state index contributed by atoms with van der Waals surface area (Å²) in [5.41, 5.74) is 2.01. The minimum absolute atomic E-state index is 0.0238.